The summed E-state index contributed by atoms with van der Waals surface area (Å²) in [7, 11) is -8.16. The van der Waals surface area contributed by atoms with Crippen LogP contribution in [-0.2, 0) is 10.1 Å². The van der Waals surface area contributed by atoms with Crippen LogP contribution < -0.4 is 0 Å². The molecule has 1 atom stereocenters. The van der Waals surface area contributed by atoms with Crippen molar-refractivity contribution in [3.63, 3.8) is 0 Å². The molecule has 0 radical (unpaired) electrons. The third-order valence-electron chi connectivity index (χ3n) is 6.16. The van der Waals surface area contributed by atoms with Gasteiger partial charge in [-0.3, -0.25) is 0 Å². The molecule has 0 saturated heterocycles. The lowest BCUT2D eigenvalue weighted by Crippen LogP contribution is -2.74. The van der Waals surface area contributed by atoms with E-state index in [1.165, 1.54) is 30.7 Å². The molecule has 0 fully saturated rings. The van der Waals surface area contributed by atoms with E-state index in [1.54, 1.807) is 0 Å². The third kappa shape index (κ3) is 7.23. The van der Waals surface area contributed by atoms with Gasteiger partial charge in [0.2, 0.25) is 0 Å². The summed E-state index contributed by atoms with van der Waals surface area (Å²) in [6.07, 6.45) is -15.6. The highest BCUT2D eigenvalue weighted by Gasteiger charge is 2.94. The molecule has 0 spiro atoms. The maximum Gasteiger partial charge on any atom is 0.402 e. The van der Waals surface area contributed by atoms with Gasteiger partial charge in [-0.1, -0.05) is 0 Å². The molecule has 1 unspecified atom stereocenters. The first-order valence-corrected chi connectivity index (χ1v) is 12.2. The number of quaternary nitrogens is 1. The zero-order valence-corrected chi connectivity index (χ0v) is 21.8. The molecule has 0 aliphatic carbocycles. The molecule has 250 valence electrons. The lowest BCUT2D eigenvalue weighted by atomic mass is 9.89. The average molecular weight is 675 g/mol. The zero-order valence-electron chi connectivity index (χ0n) is 21.0. The van der Waals surface area contributed by atoms with Gasteiger partial charge in [0.15, 0.2) is 16.3 Å². The fourth-order valence-corrected chi connectivity index (χ4v) is 3.45. The van der Waals surface area contributed by atoms with Crippen LogP contribution in [0.25, 0.3) is 0 Å². The van der Waals surface area contributed by atoms with E-state index in [-0.39, 0.29) is 0 Å². The van der Waals surface area contributed by atoms with Crippen LogP contribution >= 0.6 is 0 Å². The Hall–Kier alpha value is -1.39. The van der Waals surface area contributed by atoms with Crippen LogP contribution in [0.5, 0.6) is 0 Å². The smallest absolute Gasteiger partial charge is 0.402 e. The highest BCUT2D eigenvalue weighted by atomic mass is 32.2. The summed E-state index contributed by atoms with van der Waals surface area (Å²) in [4.78, 5) is 0. The minimum atomic E-state index is -8.87. The number of hydrogen-bond donors (Lipinski definition) is 0. The molecule has 41 heavy (non-hydrogen) atoms. The van der Waals surface area contributed by atoms with Crippen molar-refractivity contribution < 1.29 is 96.5 Å². The first-order valence-electron chi connectivity index (χ1n) is 10.8. The summed E-state index contributed by atoms with van der Waals surface area (Å²) < 4.78 is 263. The van der Waals surface area contributed by atoms with Crippen molar-refractivity contribution >= 4 is 10.1 Å². The average Bonchev–Trinajstić information content (AvgIpc) is 2.78. The molecule has 0 saturated carbocycles. The third-order valence-corrected chi connectivity index (χ3v) is 7.05. The summed E-state index contributed by atoms with van der Waals surface area (Å²) in [6.45, 7) is 14.2. The second-order valence-electron chi connectivity index (χ2n) is 8.36. The van der Waals surface area contributed by atoms with E-state index >= 15 is 0 Å². The Labute approximate surface area is 221 Å². The molecular weight excluding hydrogens is 652 g/mol. The van der Waals surface area contributed by atoms with E-state index in [2.05, 4.69) is 27.7 Å². The summed E-state index contributed by atoms with van der Waals surface area (Å²) in [5.74, 6) is -51.1. The fraction of sp³-hybridized carbons (Fsp3) is 1.00. The van der Waals surface area contributed by atoms with Crippen molar-refractivity contribution in [1.82, 2.24) is 0 Å². The first kappa shape index (κ1) is 41.7. The van der Waals surface area contributed by atoms with Crippen LogP contribution in [0.1, 0.15) is 34.1 Å². The maximum atomic E-state index is 13.3. The van der Waals surface area contributed by atoms with Gasteiger partial charge in [-0.05, 0) is 27.7 Å². The van der Waals surface area contributed by atoms with Crippen molar-refractivity contribution in [2.24, 2.45) is 0 Å². The Kier molecular flexibility index (Phi) is 12.5. The van der Waals surface area contributed by atoms with Gasteiger partial charge in [0, 0.05) is 0 Å². The number of halogens is 18. The van der Waals surface area contributed by atoms with Gasteiger partial charge in [0.25, 0.3) is 0 Å². The van der Waals surface area contributed by atoms with Gasteiger partial charge in [-0.2, -0.15) is 74.6 Å². The van der Waals surface area contributed by atoms with Gasteiger partial charge >= 0.3 is 47.0 Å². The molecule has 23 heteroatoms. The van der Waals surface area contributed by atoms with Crippen molar-refractivity contribution in [3.8, 4) is 0 Å². The van der Waals surface area contributed by atoms with E-state index in [1.807, 2.05) is 0 Å². The molecule has 0 aromatic heterocycles. The van der Waals surface area contributed by atoms with Gasteiger partial charge in [0.1, 0.15) is 0 Å². The second kappa shape index (κ2) is 12.3. The van der Waals surface area contributed by atoms with Crippen LogP contribution in [-0.4, -0.2) is 96.8 Å². The molecule has 0 aliphatic rings. The van der Waals surface area contributed by atoms with Crippen molar-refractivity contribution in [1.29, 1.82) is 0 Å². The SMILES string of the molecule is CC[N+](CC)(CC)CC.O=S(=O)([O-])C(F)(F)C(F)(F)C(F)(F)C(F)(F)C(F)(F)C(F)(F)C(F)(F)C(F)CC(F)(F)F. The summed E-state index contributed by atoms with van der Waals surface area (Å²) in [5, 5.41) is -7.96. The quantitative estimate of drug-likeness (QED) is 0.119. The molecule has 0 aliphatic heterocycles. The standard InChI is InChI=1S/C10H4F18O3S.C8H20N/c11-2(1-3(12,13)14)4(15,16)5(17,18)6(19,20)7(21,22)8(23,24)9(25,26)10(27,28)32(29,30)31;1-5-9(6-2,7-3)8-4/h2H,1H2,(H,29,30,31);5-8H2,1-4H3/q;+1/p-1. The molecule has 4 nitrogen and oxygen atoms in total. The highest BCUT2D eigenvalue weighted by Crippen LogP contribution is 2.63. The first-order chi connectivity index (χ1) is 17.6. The molecule has 0 aromatic carbocycles. The molecule has 0 N–H and O–H groups in total. The molecule has 0 amide bonds. The Balaban J connectivity index is 0. The molecule has 0 bridgehead atoms. The number of alkyl halides is 18. The number of nitrogens with zero attached hydrogens (tertiary/aromatic N) is 1. The van der Waals surface area contributed by atoms with E-state index in [9.17, 15) is 92.0 Å². The predicted octanol–water partition coefficient (Wildman–Crippen LogP) is 7.11. The van der Waals surface area contributed by atoms with Crippen LogP contribution in [0.4, 0.5) is 79.0 Å². The van der Waals surface area contributed by atoms with Crippen molar-refractivity contribution in [2.45, 2.75) is 87.3 Å². The van der Waals surface area contributed by atoms with E-state index in [0.29, 0.717) is 0 Å². The predicted molar refractivity (Wildman–Crippen MR) is 102 cm³/mol. The second-order valence-corrected chi connectivity index (χ2v) is 9.78. The van der Waals surface area contributed by atoms with Crippen LogP contribution in [0, 0.1) is 0 Å². The number of hydrogen-bond acceptors (Lipinski definition) is 3. The van der Waals surface area contributed by atoms with Gasteiger partial charge in [0.05, 0.1) is 32.6 Å². The van der Waals surface area contributed by atoms with Crippen LogP contribution in [0.3, 0.4) is 0 Å². The Morgan fingerprint density at radius 3 is 1.05 bits per heavy atom. The highest BCUT2D eigenvalue weighted by molar-refractivity contribution is 7.86. The Bertz CT molecular complexity index is 943. The minimum Gasteiger partial charge on any atom is -0.743 e. The van der Waals surface area contributed by atoms with Crippen LogP contribution in [0.2, 0.25) is 0 Å². The van der Waals surface area contributed by atoms with Gasteiger partial charge in [-0.15, -0.1) is 0 Å². The van der Waals surface area contributed by atoms with E-state index in [0.717, 1.165) is 0 Å². The Morgan fingerprint density at radius 1 is 0.561 bits per heavy atom. The van der Waals surface area contributed by atoms with Crippen LogP contribution in [0.15, 0.2) is 0 Å². The molecule has 0 heterocycles. The normalized spacial score (nSPS) is 16.3. The molecule has 0 rings (SSSR count). The minimum absolute atomic E-state index is 1.28. The fourth-order valence-electron chi connectivity index (χ4n) is 3.01. The lowest BCUT2D eigenvalue weighted by Gasteiger charge is -2.43. The summed E-state index contributed by atoms with van der Waals surface area (Å²) in [6, 6.07) is 0. The maximum absolute atomic E-state index is 13.3. The largest absolute Gasteiger partial charge is 0.743 e. The van der Waals surface area contributed by atoms with Crippen molar-refractivity contribution in [2.75, 3.05) is 26.2 Å². The van der Waals surface area contributed by atoms with E-state index in [4.69, 9.17) is 0 Å². The lowest BCUT2D eigenvalue weighted by molar-refractivity contribution is -0.921. The summed E-state index contributed by atoms with van der Waals surface area (Å²) in [5.41, 5.74) is 0. The topological polar surface area (TPSA) is 57.2 Å². The summed E-state index contributed by atoms with van der Waals surface area (Å²) >= 11 is 0. The monoisotopic (exact) mass is 675 g/mol. The number of rotatable bonds is 13. The van der Waals surface area contributed by atoms with Gasteiger partial charge in [-0.25, -0.2) is 12.8 Å². The molecule has 0 aromatic rings. The van der Waals surface area contributed by atoms with Gasteiger partial charge < -0.3 is 9.04 Å². The molecular formula is C18H23F18NO3S. The zero-order chi connectivity index (χ0) is 34.1. The van der Waals surface area contributed by atoms with E-state index < -0.39 is 69.7 Å². The Morgan fingerprint density at radius 2 is 0.829 bits per heavy atom. The van der Waals surface area contributed by atoms with Crippen molar-refractivity contribution in [3.05, 3.63) is 0 Å².